The molecule has 2 N–H and O–H groups in total. The molecular weight excluding hydrogens is 360 g/mol. The van der Waals surface area contributed by atoms with Gasteiger partial charge >= 0.3 is 0 Å². The minimum absolute atomic E-state index is 0.210. The Morgan fingerprint density at radius 3 is 2.15 bits per heavy atom. The Morgan fingerprint density at radius 2 is 1.56 bits per heavy atom. The van der Waals surface area contributed by atoms with Crippen LogP contribution < -0.4 is 10.6 Å². The van der Waals surface area contributed by atoms with Gasteiger partial charge in [0.2, 0.25) is 5.95 Å². The van der Waals surface area contributed by atoms with Crippen LogP contribution in [-0.2, 0) is 0 Å². The third kappa shape index (κ3) is 4.63. The van der Waals surface area contributed by atoms with E-state index < -0.39 is 0 Å². The molecular formula is C21H21ClN4O. The second kappa shape index (κ2) is 7.76. The molecule has 2 aromatic carbocycles. The third-order valence-electron chi connectivity index (χ3n) is 4.06. The van der Waals surface area contributed by atoms with Crippen LogP contribution in [0.15, 0.2) is 42.5 Å². The summed E-state index contributed by atoms with van der Waals surface area (Å²) in [6.45, 7) is 7.73. The Bertz CT molecular complexity index is 956. The van der Waals surface area contributed by atoms with Crippen molar-refractivity contribution in [1.82, 2.24) is 9.97 Å². The number of carbonyl (C=O) groups is 1. The van der Waals surface area contributed by atoms with Crippen LogP contribution in [0.3, 0.4) is 0 Å². The van der Waals surface area contributed by atoms with Crippen molar-refractivity contribution in [3.05, 3.63) is 75.6 Å². The van der Waals surface area contributed by atoms with Gasteiger partial charge in [-0.2, -0.15) is 0 Å². The van der Waals surface area contributed by atoms with E-state index in [4.69, 9.17) is 11.6 Å². The highest BCUT2D eigenvalue weighted by Crippen LogP contribution is 2.28. The zero-order valence-electron chi connectivity index (χ0n) is 15.7. The van der Waals surface area contributed by atoms with Crippen LogP contribution in [0.4, 0.5) is 17.3 Å². The van der Waals surface area contributed by atoms with E-state index in [0.717, 1.165) is 28.2 Å². The van der Waals surface area contributed by atoms with Crippen LogP contribution in [0.5, 0.6) is 0 Å². The van der Waals surface area contributed by atoms with Gasteiger partial charge in [0.15, 0.2) is 0 Å². The number of amides is 1. The summed E-state index contributed by atoms with van der Waals surface area (Å²) in [4.78, 5) is 21.3. The fourth-order valence-corrected chi connectivity index (χ4v) is 3.24. The maximum Gasteiger partial charge on any atom is 0.255 e. The molecule has 0 radical (unpaired) electrons. The molecule has 1 heterocycles. The second-order valence-electron chi connectivity index (χ2n) is 6.57. The monoisotopic (exact) mass is 380 g/mol. The lowest BCUT2D eigenvalue weighted by Gasteiger charge is -2.12. The quantitative estimate of drug-likeness (QED) is 0.639. The van der Waals surface area contributed by atoms with Crippen LogP contribution in [0.25, 0.3) is 0 Å². The van der Waals surface area contributed by atoms with E-state index in [1.807, 2.05) is 58.0 Å². The summed E-state index contributed by atoms with van der Waals surface area (Å²) >= 11 is 6.27. The average molecular weight is 381 g/mol. The largest absolute Gasteiger partial charge is 0.324 e. The first-order valence-electron chi connectivity index (χ1n) is 8.59. The molecule has 27 heavy (non-hydrogen) atoms. The number of anilines is 3. The SMILES string of the molecule is Cc1cc(C)c(NC(=O)c2ccc(Nc3nc(C)cc(C)n3)cc2)c(Cl)c1. The van der Waals surface area contributed by atoms with Crippen LogP contribution >= 0.6 is 11.6 Å². The van der Waals surface area contributed by atoms with Crippen molar-refractivity contribution in [3.63, 3.8) is 0 Å². The van der Waals surface area contributed by atoms with E-state index in [1.54, 1.807) is 12.1 Å². The molecule has 0 saturated heterocycles. The van der Waals surface area contributed by atoms with Gasteiger partial charge < -0.3 is 10.6 Å². The molecule has 0 bridgehead atoms. The highest BCUT2D eigenvalue weighted by molar-refractivity contribution is 6.34. The van der Waals surface area contributed by atoms with Crippen LogP contribution in [-0.4, -0.2) is 15.9 Å². The van der Waals surface area contributed by atoms with Gasteiger partial charge in [0.25, 0.3) is 5.91 Å². The van der Waals surface area contributed by atoms with Crippen LogP contribution in [0.2, 0.25) is 5.02 Å². The van der Waals surface area contributed by atoms with E-state index in [9.17, 15) is 4.79 Å². The molecule has 0 aliphatic carbocycles. The number of nitrogens with one attached hydrogen (secondary N) is 2. The fourth-order valence-electron chi connectivity index (χ4n) is 2.88. The highest BCUT2D eigenvalue weighted by Gasteiger charge is 2.11. The summed E-state index contributed by atoms with van der Waals surface area (Å²) in [5.41, 5.74) is 5.76. The number of nitrogens with zero attached hydrogens (tertiary/aromatic N) is 2. The van der Waals surface area contributed by atoms with Crippen molar-refractivity contribution in [1.29, 1.82) is 0 Å². The van der Waals surface area contributed by atoms with E-state index >= 15 is 0 Å². The Hall–Kier alpha value is -2.92. The molecule has 0 saturated carbocycles. The molecule has 0 spiro atoms. The molecule has 0 aliphatic heterocycles. The number of halogens is 1. The summed E-state index contributed by atoms with van der Waals surface area (Å²) < 4.78 is 0. The summed E-state index contributed by atoms with van der Waals surface area (Å²) in [6.07, 6.45) is 0. The van der Waals surface area contributed by atoms with Crippen LogP contribution in [0, 0.1) is 27.7 Å². The topological polar surface area (TPSA) is 66.9 Å². The molecule has 0 atom stereocenters. The van der Waals surface area contributed by atoms with Gasteiger partial charge in [-0.15, -0.1) is 0 Å². The zero-order valence-corrected chi connectivity index (χ0v) is 16.5. The minimum atomic E-state index is -0.210. The van der Waals surface area contributed by atoms with E-state index in [0.29, 0.717) is 22.2 Å². The maximum atomic E-state index is 12.5. The summed E-state index contributed by atoms with van der Waals surface area (Å²) in [6, 6.07) is 12.9. The first-order valence-corrected chi connectivity index (χ1v) is 8.97. The fraction of sp³-hybridized carbons (Fsp3) is 0.190. The maximum absolute atomic E-state index is 12.5. The van der Waals surface area contributed by atoms with Gasteiger partial charge in [0, 0.05) is 22.6 Å². The van der Waals surface area contributed by atoms with Crippen molar-refractivity contribution >= 4 is 34.8 Å². The molecule has 0 unspecified atom stereocenters. The number of benzene rings is 2. The first kappa shape index (κ1) is 18.9. The van der Waals surface area contributed by atoms with Gasteiger partial charge in [-0.25, -0.2) is 9.97 Å². The van der Waals surface area contributed by atoms with Gasteiger partial charge in [-0.1, -0.05) is 17.7 Å². The van der Waals surface area contributed by atoms with Crippen LogP contribution in [0.1, 0.15) is 32.9 Å². The smallest absolute Gasteiger partial charge is 0.255 e. The van der Waals surface area contributed by atoms with Gasteiger partial charge in [-0.05, 0) is 75.2 Å². The number of carbonyl (C=O) groups excluding carboxylic acids is 1. The lowest BCUT2D eigenvalue weighted by Crippen LogP contribution is -2.13. The zero-order chi connectivity index (χ0) is 19.6. The van der Waals surface area contributed by atoms with Gasteiger partial charge in [0.1, 0.15) is 0 Å². The number of hydrogen-bond donors (Lipinski definition) is 2. The molecule has 1 amide bonds. The van der Waals surface area contributed by atoms with Crippen molar-refractivity contribution in [2.45, 2.75) is 27.7 Å². The van der Waals surface area contributed by atoms with Crippen molar-refractivity contribution in [3.8, 4) is 0 Å². The highest BCUT2D eigenvalue weighted by atomic mass is 35.5. The van der Waals surface area contributed by atoms with Crippen molar-refractivity contribution < 1.29 is 4.79 Å². The lowest BCUT2D eigenvalue weighted by atomic mass is 10.1. The second-order valence-corrected chi connectivity index (χ2v) is 6.98. The molecule has 0 fully saturated rings. The minimum Gasteiger partial charge on any atom is -0.324 e. The Kier molecular flexibility index (Phi) is 5.42. The predicted molar refractivity (Wildman–Crippen MR) is 110 cm³/mol. The lowest BCUT2D eigenvalue weighted by molar-refractivity contribution is 0.102. The Balaban J connectivity index is 1.74. The van der Waals surface area contributed by atoms with Gasteiger partial charge in [0.05, 0.1) is 10.7 Å². The van der Waals surface area contributed by atoms with Crippen molar-refractivity contribution in [2.75, 3.05) is 10.6 Å². The predicted octanol–water partition coefficient (Wildman–Crippen LogP) is 5.36. The molecule has 1 aromatic heterocycles. The molecule has 5 nitrogen and oxygen atoms in total. The van der Waals surface area contributed by atoms with E-state index in [1.165, 1.54) is 0 Å². The molecule has 0 aliphatic rings. The average Bonchev–Trinajstić information content (AvgIpc) is 2.57. The standard InChI is InChI=1S/C21H21ClN4O/c1-12-9-13(2)19(18(22)10-12)26-20(27)16-5-7-17(8-6-16)25-21-23-14(3)11-15(4)24-21/h5-11H,1-4H3,(H,26,27)(H,23,24,25). The Morgan fingerprint density at radius 1 is 0.926 bits per heavy atom. The van der Waals surface area contributed by atoms with Gasteiger partial charge in [-0.3, -0.25) is 4.79 Å². The molecule has 6 heteroatoms. The summed E-state index contributed by atoms with van der Waals surface area (Å²) in [5, 5.41) is 6.57. The summed E-state index contributed by atoms with van der Waals surface area (Å²) in [7, 11) is 0. The first-order chi connectivity index (χ1) is 12.8. The number of aromatic nitrogens is 2. The number of rotatable bonds is 4. The molecule has 3 aromatic rings. The third-order valence-corrected chi connectivity index (χ3v) is 4.35. The van der Waals surface area contributed by atoms with E-state index in [-0.39, 0.29) is 5.91 Å². The normalized spacial score (nSPS) is 10.6. The summed E-state index contributed by atoms with van der Waals surface area (Å²) in [5.74, 6) is 0.324. The van der Waals surface area contributed by atoms with Crippen molar-refractivity contribution in [2.24, 2.45) is 0 Å². The molecule has 138 valence electrons. The van der Waals surface area contributed by atoms with E-state index in [2.05, 4.69) is 20.6 Å². The number of aryl methyl sites for hydroxylation is 4. The number of hydrogen-bond acceptors (Lipinski definition) is 4. The molecule has 3 rings (SSSR count). The Labute approximate surface area is 163 Å².